The molecule has 4 aromatic heterocycles. The first-order chi connectivity index (χ1) is 24.4. The van der Waals surface area contributed by atoms with Gasteiger partial charge in [0.1, 0.15) is 17.0 Å². The number of methoxy groups -OCH3 is 1. The molecule has 0 aliphatic carbocycles. The van der Waals surface area contributed by atoms with Crippen molar-refractivity contribution in [3.63, 3.8) is 0 Å². The van der Waals surface area contributed by atoms with Crippen molar-refractivity contribution < 1.29 is 4.74 Å². The minimum absolute atomic E-state index is 0.0203. The molecule has 0 aliphatic heterocycles. The Bertz CT molecular complexity index is 2710. The molecule has 0 fully saturated rings. The third-order valence-corrected chi connectivity index (χ3v) is 9.83. The first-order valence-corrected chi connectivity index (χ1v) is 17.0. The first kappa shape index (κ1) is 29.9. The fourth-order valence-electron chi connectivity index (χ4n) is 7.39. The molecule has 9 rings (SSSR count). The number of rotatable bonds is 5. The van der Waals surface area contributed by atoms with Gasteiger partial charge < -0.3 is 4.74 Å². The normalized spacial score (nSPS) is 12.0. The van der Waals surface area contributed by atoms with E-state index in [2.05, 4.69) is 157 Å². The van der Waals surface area contributed by atoms with Gasteiger partial charge >= 0.3 is 0 Å². The van der Waals surface area contributed by atoms with Gasteiger partial charge in [-0.3, -0.25) is 14.1 Å². The lowest BCUT2D eigenvalue weighted by Gasteiger charge is -2.19. The van der Waals surface area contributed by atoms with Crippen LogP contribution in [-0.4, -0.2) is 26.2 Å². The third kappa shape index (κ3) is 4.69. The first-order valence-electron chi connectivity index (χ1n) is 17.0. The van der Waals surface area contributed by atoms with Crippen LogP contribution in [-0.2, 0) is 5.41 Å². The molecular formula is C45H36N4O. The van der Waals surface area contributed by atoms with Crippen LogP contribution < -0.4 is 4.74 Å². The molecule has 0 spiro atoms. The Morgan fingerprint density at radius 1 is 0.560 bits per heavy atom. The number of para-hydroxylation sites is 3. The summed E-state index contributed by atoms with van der Waals surface area (Å²) < 4.78 is 10.2. The van der Waals surface area contributed by atoms with Crippen LogP contribution in [0, 0.1) is 0 Å². The molecule has 50 heavy (non-hydrogen) atoms. The molecule has 0 N–H and O–H groups in total. The Labute approximate surface area is 291 Å². The highest BCUT2D eigenvalue weighted by Gasteiger charge is 2.25. The fourth-order valence-corrected chi connectivity index (χ4v) is 7.39. The summed E-state index contributed by atoms with van der Waals surface area (Å²) in [5.41, 5.74) is 11.7. The van der Waals surface area contributed by atoms with E-state index in [0.717, 1.165) is 83.4 Å². The van der Waals surface area contributed by atoms with Crippen LogP contribution in [0.3, 0.4) is 0 Å². The van der Waals surface area contributed by atoms with E-state index >= 15 is 0 Å². The maximum Gasteiger partial charge on any atom is 0.148 e. The quantitative estimate of drug-likeness (QED) is 0.187. The van der Waals surface area contributed by atoms with Crippen LogP contribution in [0.1, 0.15) is 26.3 Å². The van der Waals surface area contributed by atoms with Crippen LogP contribution in [0.4, 0.5) is 0 Å². The van der Waals surface area contributed by atoms with Crippen LogP contribution in [0.2, 0.25) is 0 Å². The number of hydrogen-bond acceptors (Lipinski definition) is 3. The Kier molecular flexibility index (Phi) is 6.85. The van der Waals surface area contributed by atoms with Crippen LogP contribution in [0.25, 0.3) is 77.6 Å². The van der Waals surface area contributed by atoms with E-state index in [1.165, 1.54) is 5.56 Å². The van der Waals surface area contributed by atoms with E-state index in [4.69, 9.17) is 14.7 Å². The summed E-state index contributed by atoms with van der Waals surface area (Å²) >= 11 is 0. The van der Waals surface area contributed by atoms with E-state index in [9.17, 15) is 0 Å². The lowest BCUT2D eigenvalue weighted by molar-refractivity contribution is 0.415. The predicted octanol–water partition coefficient (Wildman–Crippen LogP) is 11.3. The fraction of sp³-hybridized carbons (Fsp3) is 0.111. The van der Waals surface area contributed by atoms with E-state index < -0.39 is 0 Å². The molecule has 0 amide bonds. The Morgan fingerprint density at radius 2 is 1.16 bits per heavy atom. The highest BCUT2D eigenvalue weighted by atomic mass is 16.5. The molecule has 0 saturated carbocycles. The van der Waals surface area contributed by atoms with Crippen LogP contribution in [0.5, 0.6) is 5.75 Å². The highest BCUT2D eigenvalue weighted by molar-refractivity contribution is 6.26. The maximum absolute atomic E-state index is 5.66. The summed E-state index contributed by atoms with van der Waals surface area (Å²) in [6.07, 6.45) is 1.92. The maximum atomic E-state index is 5.66. The minimum atomic E-state index is 0.0203. The van der Waals surface area contributed by atoms with E-state index in [-0.39, 0.29) is 5.41 Å². The Hall–Kier alpha value is -6.20. The lowest BCUT2D eigenvalue weighted by Crippen LogP contribution is -2.11. The number of fused-ring (bicyclic) bond motifs is 6. The van der Waals surface area contributed by atoms with Gasteiger partial charge in [-0.2, -0.15) is 0 Å². The van der Waals surface area contributed by atoms with E-state index in [0.29, 0.717) is 0 Å². The van der Waals surface area contributed by atoms with Crippen molar-refractivity contribution >= 4 is 43.9 Å². The van der Waals surface area contributed by atoms with Crippen molar-refractivity contribution in [3.8, 4) is 39.5 Å². The molecule has 242 valence electrons. The molecule has 0 atom stereocenters. The Balaban J connectivity index is 1.43. The summed E-state index contributed by atoms with van der Waals surface area (Å²) in [5.74, 6) is 0.824. The van der Waals surface area contributed by atoms with Gasteiger partial charge in [0, 0.05) is 50.2 Å². The van der Waals surface area contributed by atoms with Gasteiger partial charge in [0.25, 0.3) is 0 Å². The Morgan fingerprint density at radius 3 is 1.80 bits per heavy atom. The van der Waals surface area contributed by atoms with Gasteiger partial charge in [-0.1, -0.05) is 99.6 Å². The number of ether oxygens (including phenoxy) is 1. The zero-order valence-corrected chi connectivity index (χ0v) is 28.6. The van der Waals surface area contributed by atoms with E-state index in [1.807, 2.05) is 18.3 Å². The number of nitrogens with zero attached hydrogens (tertiary/aromatic N) is 4. The number of aromatic nitrogens is 4. The van der Waals surface area contributed by atoms with Crippen molar-refractivity contribution in [2.75, 3.05) is 7.11 Å². The van der Waals surface area contributed by atoms with Gasteiger partial charge in [0.15, 0.2) is 0 Å². The largest absolute Gasteiger partial charge is 0.497 e. The lowest BCUT2D eigenvalue weighted by atomic mass is 9.87. The molecule has 0 saturated heterocycles. The van der Waals surface area contributed by atoms with Crippen LogP contribution in [0.15, 0.2) is 146 Å². The number of pyridine rings is 2. The third-order valence-electron chi connectivity index (χ3n) is 9.83. The molecule has 0 aliphatic rings. The topological polar surface area (TPSA) is 44.9 Å². The summed E-state index contributed by atoms with van der Waals surface area (Å²) in [6.45, 7) is 6.71. The molecule has 5 heteroatoms. The van der Waals surface area contributed by atoms with Gasteiger partial charge in [0.05, 0.1) is 23.8 Å². The predicted molar refractivity (Wildman–Crippen MR) is 207 cm³/mol. The molecule has 5 aromatic carbocycles. The zero-order chi connectivity index (χ0) is 34.0. The molecule has 0 unspecified atom stereocenters. The summed E-state index contributed by atoms with van der Waals surface area (Å²) in [6, 6.07) is 49.3. The molecule has 9 aromatic rings. The summed E-state index contributed by atoms with van der Waals surface area (Å²) in [4.78, 5) is 10.5. The second-order valence-electron chi connectivity index (χ2n) is 13.9. The van der Waals surface area contributed by atoms with Crippen molar-refractivity contribution in [2.24, 2.45) is 0 Å². The summed E-state index contributed by atoms with van der Waals surface area (Å²) in [7, 11) is 1.71. The zero-order valence-electron chi connectivity index (χ0n) is 28.6. The molecular weight excluding hydrogens is 613 g/mol. The van der Waals surface area contributed by atoms with Crippen molar-refractivity contribution in [2.45, 2.75) is 26.2 Å². The molecule has 5 nitrogen and oxygen atoms in total. The van der Waals surface area contributed by atoms with Gasteiger partial charge in [-0.25, -0.2) is 4.98 Å². The van der Waals surface area contributed by atoms with Crippen molar-refractivity contribution in [1.82, 2.24) is 19.1 Å². The van der Waals surface area contributed by atoms with Gasteiger partial charge in [-0.15, -0.1) is 0 Å². The molecule has 0 radical (unpaired) electrons. The van der Waals surface area contributed by atoms with Gasteiger partial charge in [0.2, 0.25) is 0 Å². The number of benzene rings is 5. The second-order valence-corrected chi connectivity index (χ2v) is 13.9. The van der Waals surface area contributed by atoms with Crippen molar-refractivity contribution in [3.05, 3.63) is 151 Å². The number of hydrogen-bond donors (Lipinski definition) is 0. The van der Waals surface area contributed by atoms with Crippen LogP contribution >= 0.6 is 0 Å². The second kappa shape index (κ2) is 11.5. The van der Waals surface area contributed by atoms with Crippen molar-refractivity contribution in [1.29, 1.82) is 0 Å². The van der Waals surface area contributed by atoms with Gasteiger partial charge in [-0.05, 0) is 77.2 Å². The molecule has 4 heterocycles. The molecule has 0 bridgehead atoms. The standard InChI is InChI=1S/C45H36N4O/c1-45(2,3)31-25-26-46-37(28-31)30-13-12-16-33(27-30)49-39-20-11-9-18-36(39)42-40(29-21-23-34(50-4)24-22-29)41-35-17-8-10-19-38(35)48(43(41)47-44(42)49)32-14-6-5-7-15-32/h5-28H,1-4H3. The highest BCUT2D eigenvalue weighted by Crippen LogP contribution is 2.46. The minimum Gasteiger partial charge on any atom is -0.497 e. The van der Waals surface area contributed by atoms with E-state index in [1.54, 1.807) is 7.11 Å². The average molecular weight is 649 g/mol. The monoisotopic (exact) mass is 648 g/mol. The average Bonchev–Trinajstić information content (AvgIpc) is 3.67. The smallest absolute Gasteiger partial charge is 0.148 e. The summed E-state index contributed by atoms with van der Waals surface area (Å²) in [5, 5.41) is 4.56. The SMILES string of the molecule is COc1ccc(-c2c3c4ccccc4n(-c4ccccc4)c3nc3c2c2ccccc2n3-c2cccc(-c3cc(C(C)(C)C)ccn3)c2)cc1.